The van der Waals surface area contributed by atoms with E-state index in [1.54, 1.807) is 44.6 Å². The van der Waals surface area contributed by atoms with E-state index in [-0.39, 0.29) is 11.9 Å². The van der Waals surface area contributed by atoms with Gasteiger partial charge in [0.1, 0.15) is 13.1 Å². The number of carbonyl (C=O) groups is 2. The van der Waals surface area contributed by atoms with E-state index in [4.69, 9.17) is 9.47 Å². The fourth-order valence-electron chi connectivity index (χ4n) is 4.44. The quantitative estimate of drug-likeness (QED) is 0.281. The molecule has 0 bridgehead atoms. The molecule has 0 fully saturated rings. The van der Waals surface area contributed by atoms with E-state index in [0.717, 1.165) is 15.7 Å². The van der Waals surface area contributed by atoms with Gasteiger partial charge in [-0.1, -0.05) is 48.5 Å². The first-order valence-electron chi connectivity index (χ1n) is 12.9. The molecule has 4 aromatic rings. The Hall–Kier alpha value is -4.86. The van der Waals surface area contributed by atoms with Gasteiger partial charge >= 0.3 is 5.69 Å². The number of amides is 2. The fourth-order valence-corrected chi connectivity index (χ4v) is 4.44. The van der Waals surface area contributed by atoms with Gasteiger partial charge in [0.15, 0.2) is 11.5 Å². The topological polar surface area (TPSA) is 121 Å². The molecule has 10 nitrogen and oxygen atoms in total. The number of hydrogen-bond acceptors (Lipinski definition) is 6. The maximum absolute atomic E-state index is 13.3. The van der Waals surface area contributed by atoms with E-state index in [9.17, 15) is 19.2 Å². The first kappa shape index (κ1) is 28.2. The summed E-state index contributed by atoms with van der Waals surface area (Å²) in [7, 11) is 3.12. The molecule has 1 aromatic heterocycles. The van der Waals surface area contributed by atoms with Crippen LogP contribution in [0.1, 0.15) is 11.1 Å². The number of methoxy groups -OCH3 is 2. The van der Waals surface area contributed by atoms with Crippen LogP contribution in [0.3, 0.4) is 0 Å². The number of fused-ring (bicyclic) bond motifs is 1. The number of carbonyl (C=O) groups excluding carboxylic acids is 2. The second kappa shape index (κ2) is 13.3. The van der Waals surface area contributed by atoms with Crippen molar-refractivity contribution in [2.24, 2.45) is 0 Å². The van der Waals surface area contributed by atoms with Crippen LogP contribution >= 0.6 is 0 Å². The van der Waals surface area contributed by atoms with E-state index in [2.05, 4.69) is 10.6 Å². The predicted octanol–water partition coefficient (Wildman–Crippen LogP) is 1.90. The zero-order chi connectivity index (χ0) is 28.5. The number of aromatic nitrogens is 2. The van der Waals surface area contributed by atoms with Gasteiger partial charge in [-0.05, 0) is 48.2 Å². The predicted molar refractivity (Wildman–Crippen MR) is 152 cm³/mol. The molecule has 40 heavy (non-hydrogen) atoms. The first-order valence-corrected chi connectivity index (χ1v) is 12.9. The third kappa shape index (κ3) is 6.76. The van der Waals surface area contributed by atoms with Crippen LogP contribution in [0, 0.1) is 0 Å². The van der Waals surface area contributed by atoms with E-state index >= 15 is 0 Å². The molecular formula is C30H32N4O6. The Morgan fingerprint density at radius 1 is 0.700 bits per heavy atom. The fraction of sp³-hybridized carbons (Fsp3) is 0.267. The van der Waals surface area contributed by atoms with Gasteiger partial charge in [-0.2, -0.15) is 0 Å². The average Bonchev–Trinajstić information content (AvgIpc) is 2.98. The molecule has 2 amide bonds. The summed E-state index contributed by atoms with van der Waals surface area (Å²) in [5.41, 5.74) is 1.02. The summed E-state index contributed by atoms with van der Waals surface area (Å²) < 4.78 is 12.7. The Balaban J connectivity index is 1.45. The lowest BCUT2D eigenvalue weighted by Crippen LogP contribution is -2.45. The maximum Gasteiger partial charge on any atom is 0.332 e. The van der Waals surface area contributed by atoms with Gasteiger partial charge < -0.3 is 20.1 Å². The van der Waals surface area contributed by atoms with Crippen LogP contribution in [0.15, 0.2) is 82.4 Å². The molecule has 10 heteroatoms. The van der Waals surface area contributed by atoms with Crippen molar-refractivity contribution in [1.29, 1.82) is 0 Å². The number of nitrogens with one attached hydrogen (secondary N) is 2. The standard InChI is InChI=1S/C30H32N4O6/c1-39-25-13-12-22(18-26(25)40-2)15-17-32-27(35)19-33-24-11-7-6-10-23(24)29(37)34(30(33)38)20-28(36)31-16-14-21-8-4-3-5-9-21/h3-13,18H,14-17,19-20H2,1-2H3,(H,31,36)(H,32,35). The van der Waals surface area contributed by atoms with Crippen LogP contribution in [0.25, 0.3) is 10.9 Å². The molecule has 2 N–H and O–H groups in total. The van der Waals surface area contributed by atoms with Crippen molar-refractivity contribution in [3.63, 3.8) is 0 Å². The normalized spacial score (nSPS) is 10.8. The first-order chi connectivity index (χ1) is 19.4. The van der Waals surface area contributed by atoms with Crippen molar-refractivity contribution in [2.45, 2.75) is 25.9 Å². The van der Waals surface area contributed by atoms with Gasteiger partial charge in [-0.15, -0.1) is 0 Å². The van der Waals surface area contributed by atoms with E-state index in [0.29, 0.717) is 42.9 Å². The SMILES string of the molecule is COc1ccc(CCNC(=O)Cn2c(=O)n(CC(=O)NCCc3ccccc3)c(=O)c3ccccc32)cc1OC. The number of nitrogens with zero attached hydrogens (tertiary/aromatic N) is 2. The summed E-state index contributed by atoms with van der Waals surface area (Å²) in [5, 5.41) is 5.82. The zero-order valence-corrected chi connectivity index (χ0v) is 22.5. The lowest BCUT2D eigenvalue weighted by Gasteiger charge is -2.14. The Kier molecular flexibility index (Phi) is 9.35. The summed E-state index contributed by atoms with van der Waals surface area (Å²) in [5.74, 6) is 0.346. The maximum atomic E-state index is 13.3. The molecular weight excluding hydrogens is 512 g/mol. The minimum atomic E-state index is -0.725. The lowest BCUT2D eigenvalue weighted by atomic mass is 10.1. The van der Waals surface area contributed by atoms with Gasteiger partial charge in [0, 0.05) is 13.1 Å². The number of benzene rings is 3. The van der Waals surface area contributed by atoms with E-state index < -0.39 is 29.6 Å². The summed E-state index contributed by atoms with van der Waals surface area (Å²) in [4.78, 5) is 51.9. The second-order valence-electron chi connectivity index (χ2n) is 9.15. The van der Waals surface area contributed by atoms with E-state index in [1.165, 1.54) is 4.57 Å². The highest BCUT2D eigenvalue weighted by atomic mass is 16.5. The third-order valence-electron chi connectivity index (χ3n) is 6.50. The highest BCUT2D eigenvalue weighted by Crippen LogP contribution is 2.27. The van der Waals surface area contributed by atoms with Crippen molar-refractivity contribution >= 4 is 22.7 Å². The van der Waals surface area contributed by atoms with Crippen molar-refractivity contribution in [2.75, 3.05) is 27.3 Å². The highest BCUT2D eigenvalue weighted by Gasteiger charge is 2.17. The Labute approximate surface area is 231 Å². The monoisotopic (exact) mass is 544 g/mol. The largest absolute Gasteiger partial charge is 0.493 e. The minimum absolute atomic E-state index is 0.248. The summed E-state index contributed by atoms with van der Waals surface area (Å²) in [6, 6.07) is 21.7. The number of ether oxygens (including phenoxy) is 2. The molecule has 3 aromatic carbocycles. The van der Waals surface area contributed by atoms with Crippen LogP contribution in [-0.2, 0) is 35.5 Å². The molecule has 0 aliphatic heterocycles. The number of rotatable bonds is 12. The van der Waals surface area contributed by atoms with Crippen LogP contribution in [-0.4, -0.2) is 48.3 Å². The molecule has 0 radical (unpaired) electrons. The highest BCUT2D eigenvalue weighted by molar-refractivity contribution is 5.82. The van der Waals surface area contributed by atoms with Crippen molar-refractivity contribution in [3.8, 4) is 11.5 Å². The van der Waals surface area contributed by atoms with Crippen molar-refractivity contribution in [1.82, 2.24) is 19.8 Å². The van der Waals surface area contributed by atoms with Crippen LogP contribution in [0.2, 0.25) is 0 Å². The van der Waals surface area contributed by atoms with Gasteiger partial charge in [-0.25, -0.2) is 4.79 Å². The smallest absolute Gasteiger partial charge is 0.332 e. The van der Waals surface area contributed by atoms with Crippen molar-refractivity contribution in [3.05, 3.63) is 105 Å². The summed E-state index contributed by atoms with van der Waals surface area (Å²) in [6.07, 6.45) is 1.15. The molecule has 1 heterocycles. The van der Waals surface area contributed by atoms with Gasteiger partial charge in [0.2, 0.25) is 11.8 Å². The Morgan fingerprint density at radius 3 is 1.98 bits per heavy atom. The minimum Gasteiger partial charge on any atom is -0.493 e. The lowest BCUT2D eigenvalue weighted by molar-refractivity contribution is -0.122. The van der Waals surface area contributed by atoms with Crippen LogP contribution < -0.4 is 31.4 Å². The molecule has 0 unspecified atom stereocenters. The summed E-state index contributed by atoms with van der Waals surface area (Å²) in [6.45, 7) is -0.0638. The van der Waals surface area contributed by atoms with Crippen LogP contribution in [0.5, 0.6) is 11.5 Å². The molecule has 4 rings (SSSR count). The van der Waals surface area contributed by atoms with Gasteiger partial charge in [0.25, 0.3) is 5.56 Å². The summed E-state index contributed by atoms with van der Waals surface area (Å²) >= 11 is 0. The Morgan fingerprint density at radius 2 is 1.30 bits per heavy atom. The second-order valence-corrected chi connectivity index (χ2v) is 9.15. The van der Waals surface area contributed by atoms with Gasteiger partial charge in [0.05, 0.1) is 25.1 Å². The molecule has 0 aliphatic carbocycles. The zero-order valence-electron chi connectivity index (χ0n) is 22.5. The van der Waals surface area contributed by atoms with Crippen molar-refractivity contribution < 1.29 is 19.1 Å². The average molecular weight is 545 g/mol. The van der Waals surface area contributed by atoms with Gasteiger partial charge in [-0.3, -0.25) is 23.5 Å². The molecule has 0 spiro atoms. The third-order valence-corrected chi connectivity index (χ3v) is 6.50. The van der Waals surface area contributed by atoms with E-state index in [1.807, 2.05) is 42.5 Å². The molecule has 208 valence electrons. The molecule has 0 aliphatic rings. The molecule has 0 saturated carbocycles. The Bertz CT molecular complexity index is 1610. The number of hydrogen-bond donors (Lipinski definition) is 2. The molecule has 0 saturated heterocycles. The molecule has 0 atom stereocenters. The van der Waals surface area contributed by atoms with Crippen LogP contribution in [0.4, 0.5) is 0 Å². The number of para-hydroxylation sites is 1.